The molecule has 0 radical (unpaired) electrons. The summed E-state index contributed by atoms with van der Waals surface area (Å²) in [4.78, 5) is 0. The molecule has 0 fully saturated rings. The van der Waals surface area contributed by atoms with E-state index in [1.165, 1.54) is 0 Å². The molecule has 0 bridgehead atoms. The molecule has 3 heteroatoms. The van der Waals surface area contributed by atoms with Crippen LogP contribution in [0.3, 0.4) is 0 Å². The minimum absolute atomic E-state index is 0.125. The number of nitrogens with two attached hydrogens (primary N) is 1. The Morgan fingerprint density at radius 3 is 1.54 bits per heavy atom. The van der Waals surface area contributed by atoms with Crippen LogP contribution >= 0.6 is 0 Å². The van der Waals surface area contributed by atoms with Crippen molar-refractivity contribution in [3.05, 3.63) is 38.0 Å². The van der Waals surface area contributed by atoms with E-state index in [4.69, 9.17) is 11.1 Å². The molecule has 0 aliphatic rings. The molecule has 3 nitrogen and oxygen atoms in total. The number of quaternary nitrogens is 1. The van der Waals surface area contributed by atoms with Crippen LogP contribution in [0.2, 0.25) is 0 Å². The van der Waals surface area contributed by atoms with Gasteiger partial charge in [-0.05, 0) is 18.2 Å². The second-order valence-corrected chi connectivity index (χ2v) is 2.94. The first kappa shape index (κ1) is 11.6. The minimum Gasteiger partial charge on any atom is -0.338 e. The van der Waals surface area contributed by atoms with Gasteiger partial charge in [0.15, 0.2) is 0 Å². The summed E-state index contributed by atoms with van der Waals surface area (Å²) < 4.78 is 0.344. The van der Waals surface area contributed by atoms with Gasteiger partial charge in [-0.2, -0.15) is 0 Å². The predicted molar refractivity (Wildman–Crippen MR) is 57.4 cm³/mol. The molecule has 0 heterocycles. The molecular weight excluding hydrogens is 162 g/mol. The molecule has 0 saturated heterocycles. The highest BCUT2D eigenvalue weighted by atomic mass is 15.4. The highest BCUT2D eigenvalue weighted by Gasteiger charge is 2.27. The van der Waals surface area contributed by atoms with E-state index in [0.717, 1.165) is 0 Å². The average molecular weight is 180 g/mol. The third-order valence-corrected chi connectivity index (χ3v) is 1.95. The summed E-state index contributed by atoms with van der Waals surface area (Å²) in [6.45, 7) is 12.9. The highest BCUT2D eigenvalue weighted by molar-refractivity contribution is 5.67. The van der Waals surface area contributed by atoms with Gasteiger partial charge in [0.1, 0.15) is 19.6 Å². The summed E-state index contributed by atoms with van der Waals surface area (Å²) in [7, 11) is 0. The van der Waals surface area contributed by atoms with Gasteiger partial charge in [-0.3, -0.25) is 4.48 Å². The van der Waals surface area contributed by atoms with Gasteiger partial charge in [0.05, 0.1) is 0 Å². The third kappa shape index (κ3) is 2.87. The highest BCUT2D eigenvalue weighted by Crippen LogP contribution is 2.06. The zero-order chi connectivity index (χ0) is 10.3. The lowest BCUT2D eigenvalue weighted by molar-refractivity contribution is -0.825. The van der Waals surface area contributed by atoms with Crippen LogP contribution in [0.25, 0.3) is 0 Å². The van der Waals surface area contributed by atoms with E-state index in [2.05, 4.69) is 19.7 Å². The van der Waals surface area contributed by atoms with Gasteiger partial charge in [0.2, 0.25) is 0 Å². The van der Waals surface area contributed by atoms with Crippen LogP contribution < -0.4 is 5.73 Å². The summed E-state index contributed by atoms with van der Waals surface area (Å²) in [6.07, 6.45) is 5.28. The van der Waals surface area contributed by atoms with Crippen LogP contribution in [-0.4, -0.2) is 30.1 Å². The van der Waals surface area contributed by atoms with Gasteiger partial charge in [-0.1, -0.05) is 19.7 Å². The van der Waals surface area contributed by atoms with Gasteiger partial charge in [0, 0.05) is 0 Å². The third-order valence-electron chi connectivity index (χ3n) is 1.95. The Hall–Kier alpha value is -1.35. The predicted octanol–water partition coefficient (Wildman–Crippen LogP) is 1.25. The molecule has 72 valence electrons. The molecule has 3 N–H and O–H groups in total. The van der Waals surface area contributed by atoms with Gasteiger partial charge < -0.3 is 5.73 Å². The summed E-state index contributed by atoms with van der Waals surface area (Å²) in [5.41, 5.74) is 5.54. The quantitative estimate of drug-likeness (QED) is 0.275. The number of rotatable bonds is 6. The minimum atomic E-state index is 0.125. The van der Waals surface area contributed by atoms with Crippen molar-refractivity contribution in [2.45, 2.75) is 0 Å². The molecule has 0 aromatic rings. The first-order valence-electron chi connectivity index (χ1n) is 4.16. The van der Waals surface area contributed by atoms with E-state index >= 15 is 0 Å². The first-order valence-corrected chi connectivity index (χ1v) is 4.16. The fourth-order valence-corrected chi connectivity index (χ4v) is 1.26. The van der Waals surface area contributed by atoms with E-state index in [-0.39, 0.29) is 5.96 Å². The lowest BCUT2D eigenvalue weighted by atomic mass is 10.3. The smallest absolute Gasteiger partial charge is 0.292 e. The molecule has 0 saturated carbocycles. The van der Waals surface area contributed by atoms with E-state index in [1.54, 1.807) is 18.2 Å². The Balaban J connectivity index is 4.76. The van der Waals surface area contributed by atoms with E-state index in [1.807, 2.05) is 0 Å². The van der Waals surface area contributed by atoms with E-state index < -0.39 is 0 Å². The molecule has 0 atom stereocenters. The topological polar surface area (TPSA) is 49.9 Å². The molecule has 0 amide bonds. The van der Waals surface area contributed by atoms with Gasteiger partial charge in [0.25, 0.3) is 5.96 Å². The Morgan fingerprint density at radius 2 is 1.38 bits per heavy atom. The van der Waals surface area contributed by atoms with Crippen LogP contribution in [0, 0.1) is 5.41 Å². The molecule has 0 spiro atoms. The largest absolute Gasteiger partial charge is 0.338 e. The first-order chi connectivity index (χ1) is 6.13. The SMILES string of the molecule is C=CC[N+](CC=C)(CC=C)C(=N)N. The normalized spacial score (nSPS) is 10.5. The zero-order valence-electron chi connectivity index (χ0n) is 8.00. The van der Waals surface area contributed by atoms with Gasteiger partial charge in [-0.15, -0.1) is 0 Å². The molecule has 0 aliphatic carbocycles. The van der Waals surface area contributed by atoms with Crippen molar-refractivity contribution in [2.75, 3.05) is 19.6 Å². The standard InChI is InChI=1S/C10H18N3/c1-4-7-13(8-5-2,9-6-3)10(11)12/h4-6H,1-3,7-9H2,(H3,11,12)/q+1. The van der Waals surface area contributed by atoms with Crippen LogP contribution in [0.4, 0.5) is 0 Å². The lowest BCUT2D eigenvalue weighted by Crippen LogP contribution is -2.56. The fourth-order valence-electron chi connectivity index (χ4n) is 1.26. The zero-order valence-corrected chi connectivity index (χ0v) is 8.00. The maximum absolute atomic E-state index is 7.52. The Kier molecular flexibility index (Phi) is 4.77. The number of guanidine groups is 1. The molecule has 0 aliphatic heterocycles. The second-order valence-electron chi connectivity index (χ2n) is 2.94. The number of nitrogens with zero attached hydrogens (tertiary/aromatic N) is 1. The summed E-state index contributed by atoms with van der Waals surface area (Å²) in [5, 5.41) is 7.52. The average Bonchev–Trinajstić information content (AvgIpc) is 2.05. The number of nitrogens with one attached hydrogen (secondary N) is 1. The van der Waals surface area contributed by atoms with Crippen molar-refractivity contribution in [2.24, 2.45) is 5.73 Å². The Bertz CT molecular complexity index is 192. The monoisotopic (exact) mass is 180 g/mol. The Labute approximate surface area is 79.9 Å². The van der Waals surface area contributed by atoms with E-state index in [0.29, 0.717) is 24.1 Å². The van der Waals surface area contributed by atoms with Gasteiger partial charge >= 0.3 is 0 Å². The number of hydrogen-bond acceptors (Lipinski definition) is 1. The van der Waals surface area contributed by atoms with Crippen molar-refractivity contribution < 1.29 is 4.48 Å². The van der Waals surface area contributed by atoms with E-state index in [9.17, 15) is 0 Å². The molecular formula is C10H18N3+. The van der Waals surface area contributed by atoms with Crippen LogP contribution in [0.15, 0.2) is 38.0 Å². The summed E-state index contributed by atoms with van der Waals surface area (Å²) >= 11 is 0. The summed E-state index contributed by atoms with van der Waals surface area (Å²) in [6, 6.07) is 0. The molecule has 0 aromatic heterocycles. The Morgan fingerprint density at radius 1 is 1.08 bits per heavy atom. The van der Waals surface area contributed by atoms with Crippen molar-refractivity contribution in [3.63, 3.8) is 0 Å². The summed E-state index contributed by atoms with van der Waals surface area (Å²) in [5.74, 6) is 0.125. The molecule has 0 unspecified atom stereocenters. The van der Waals surface area contributed by atoms with Crippen LogP contribution in [-0.2, 0) is 0 Å². The maximum atomic E-state index is 7.52. The lowest BCUT2D eigenvalue weighted by Gasteiger charge is -2.32. The molecule has 13 heavy (non-hydrogen) atoms. The molecule has 0 rings (SSSR count). The van der Waals surface area contributed by atoms with Crippen LogP contribution in [0.5, 0.6) is 0 Å². The van der Waals surface area contributed by atoms with Crippen molar-refractivity contribution in [1.82, 2.24) is 0 Å². The fraction of sp³-hybridized carbons (Fsp3) is 0.300. The van der Waals surface area contributed by atoms with Crippen molar-refractivity contribution >= 4 is 5.96 Å². The second kappa shape index (κ2) is 5.32. The van der Waals surface area contributed by atoms with Gasteiger partial charge in [-0.25, -0.2) is 5.41 Å². The van der Waals surface area contributed by atoms with Crippen molar-refractivity contribution in [1.29, 1.82) is 5.41 Å². The number of hydrogen-bond donors (Lipinski definition) is 2. The molecule has 0 aromatic carbocycles. The van der Waals surface area contributed by atoms with Crippen LogP contribution in [0.1, 0.15) is 0 Å². The maximum Gasteiger partial charge on any atom is 0.292 e. The van der Waals surface area contributed by atoms with Crippen molar-refractivity contribution in [3.8, 4) is 0 Å².